The highest BCUT2D eigenvalue weighted by Gasteiger charge is 2.22. The Labute approximate surface area is 180 Å². The van der Waals surface area contributed by atoms with Crippen molar-refractivity contribution in [2.75, 3.05) is 18.9 Å². The van der Waals surface area contributed by atoms with Gasteiger partial charge in [-0.05, 0) is 48.9 Å². The molecule has 3 aromatic rings. The Morgan fingerprint density at radius 2 is 1.62 bits per heavy atom. The second kappa shape index (κ2) is 9.40. The van der Waals surface area contributed by atoms with Crippen molar-refractivity contribution >= 4 is 34.8 Å². The average molecular weight is 431 g/mol. The van der Waals surface area contributed by atoms with Gasteiger partial charge in [0.05, 0.1) is 28.3 Å². The fourth-order valence-corrected chi connectivity index (χ4v) is 3.71. The van der Waals surface area contributed by atoms with E-state index >= 15 is 0 Å². The van der Waals surface area contributed by atoms with Gasteiger partial charge in [-0.25, -0.2) is 4.39 Å². The van der Waals surface area contributed by atoms with Gasteiger partial charge < -0.3 is 5.32 Å². The van der Waals surface area contributed by atoms with Crippen LogP contribution in [0.2, 0.25) is 10.0 Å². The fourth-order valence-electron chi connectivity index (χ4n) is 3.25. The van der Waals surface area contributed by atoms with Crippen LogP contribution >= 0.6 is 23.2 Å². The van der Waals surface area contributed by atoms with Gasteiger partial charge in [0.15, 0.2) is 0 Å². The number of likely N-dealkylation sites (N-methyl/N-ethyl adjacent to an activating group) is 1. The van der Waals surface area contributed by atoms with E-state index in [1.165, 1.54) is 12.1 Å². The molecule has 3 aromatic carbocycles. The topological polar surface area (TPSA) is 32.3 Å². The second-order valence-electron chi connectivity index (χ2n) is 6.88. The Morgan fingerprint density at radius 3 is 2.28 bits per heavy atom. The molecule has 150 valence electrons. The molecule has 0 heterocycles. The van der Waals surface area contributed by atoms with Crippen LogP contribution in [0.25, 0.3) is 0 Å². The van der Waals surface area contributed by atoms with E-state index in [4.69, 9.17) is 23.2 Å². The molecular formula is C23H21Cl2FN2O. The molecule has 0 bridgehead atoms. The Balaban J connectivity index is 1.83. The number of carbonyl (C=O) groups is 1. The Hall–Kier alpha value is -2.40. The summed E-state index contributed by atoms with van der Waals surface area (Å²) in [5, 5.41) is 3.62. The minimum atomic E-state index is -0.301. The maximum atomic E-state index is 13.4. The number of anilines is 1. The molecular weight excluding hydrogens is 410 g/mol. The number of halogens is 3. The first-order valence-electron chi connectivity index (χ1n) is 9.12. The standard InChI is InChI=1S/C23H21Cl2FN2O/c1-15-8-13-19(24)22(21(15)25)27-20(29)14-28(2)23(16-6-4-3-5-7-16)17-9-11-18(26)12-10-17/h3-13,23H,14H2,1-2H3,(H,27,29)/t23-/m0/s1. The molecule has 0 aromatic heterocycles. The SMILES string of the molecule is Cc1ccc(Cl)c(NC(=O)CN(C)[C@@H](c2ccccc2)c2ccc(F)cc2)c1Cl. The van der Waals surface area contributed by atoms with E-state index in [2.05, 4.69) is 5.32 Å². The third kappa shape index (κ3) is 5.15. The van der Waals surface area contributed by atoms with Crippen molar-refractivity contribution in [1.82, 2.24) is 4.90 Å². The summed E-state index contributed by atoms with van der Waals surface area (Å²) in [6.07, 6.45) is 0. The van der Waals surface area contributed by atoms with E-state index < -0.39 is 0 Å². The zero-order valence-electron chi connectivity index (χ0n) is 16.1. The molecule has 0 saturated carbocycles. The maximum absolute atomic E-state index is 13.4. The molecule has 0 spiro atoms. The minimum Gasteiger partial charge on any atom is -0.322 e. The van der Waals surface area contributed by atoms with E-state index in [0.29, 0.717) is 15.7 Å². The first-order chi connectivity index (χ1) is 13.9. The van der Waals surface area contributed by atoms with E-state index in [1.54, 1.807) is 24.3 Å². The van der Waals surface area contributed by atoms with Crippen LogP contribution in [0.1, 0.15) is 22.7 Å². The number of carbonyl (C=O) groups excluding carboxylic acids is 1. The first kappa shape index (κ1) is 21.3. The second-order valence-corrected chi connectivity index (χ2v) is 7.67. The lowest BCUT2D eigenvalue weighted by Gasteiger charge is -2.28. The molecule has 0 unspecified atom stereocenters. The zero-order valence-corrected chi connectivity index (χ0v) is 17.6. The number of nitrogens with one attached hydrogen (secondary N) is 1. The van der Waals surface area contributed by atoms with Crippen LogP contribution < -0.4 is 5.32 Å². The number of rotatable bonds is 6. The molecule has 3 rings (SSSR count). The Kier molecular flexibility index (Phi) is 6.91. The predicted molar refractivity (Wildman–Crippen MR) is 117 cm³/mol. The van der Waals surface area contributed by atoms with Gasteiger partial charge in [0.2, 0.25) is 5.91 Å². The van der Waals surface area contributed by atoms with Gasteiger partial charge in [0, 0.05) is 0 Å². The van der Waals surface area contributed by atoms with Crippen molar-refractivity contribution < 1.29 is 9.18 Å². The van der Waals surface area contributed by atoms with Crippen molar-refractivity contribution in [3.05, 3.63) is 99.3 Å². The normalized spacial score (nSPS) is 12.1. The summed E-state index contributed by atoms with van der Waals surface area (Å²) in [5.74, 6) is -0.547. The molecule has 1 amide bonds. The quantitative estimate of drug-likeness (QED) is 0.512. The summed E-state index contributed by atoms with van der Waals surface area (Å²) in [7, 11) is 1.85. The van der Waals surface area contributed by atoms with Gasteiger partial charge in [-0.1, -0.05) is 71.7 Å². The number of benzene rings is 3. The van der Waals surface area contributed by atoms with E-state index in [1.807, 2.05) is 49.2 Å². The fraction of sp³-hybridized carbons (Fsp3) is 0.174. The number of hydrogen-bond acceptors (Lipinski definition) is 2. The van der Waals surface area contributed by atoms with Crippen molar-refractivity contribution in [2.45, 2.75) is 13.0 Å². The van der Waals surface area contributed by atoms with E-state index in [-0.39, 0.29) is 24.3 Å². The highest BCUT2D eigenvalue weighted by Crippen LogP contribution is 2.33. The Morgan fingerprint density at radius 1 is 1.00 bits per heavy atom. The van der Waals surface area contributed by atoms with Gasteiger partial charge in [-0.15, -0.1) is 0 Å². The van der Waals surface area contributed by atoms with Crippen LogP contribution in [0.5, 0.6) is 0 Å². The number of amides is 1. The van der Waals surface area contributed by atoms with Crippen molar-refractivity contribution in [1.29, 1.82) is 0 Å². The summed E-state index contributed by atoms with van der Waals surface area (Å²) in [6.45, 7) is 1.94. The van der Waals surface area contributed by atoms with E-state index in [0.717, 1.165) is 16.7 Å². The summed E-state index contributed by atoms with van der Waals surface area (Å²) < 4.78 is 13.4. The van der Waals surface area contributed by atoms with Crippen LogP contribution in [0.3, 0.4) is 0 Å². The predicted octanol–water partition coefficient (Wildman–Crippen LogP) is 6.10. The van der Waals surface area contributed by atoms with Gasteiger partial charge in [-0.3, -0.25) is 9.69 Å². The third-order valence-electron chi connectivity index (χ3n) is 4.68. The summed E-state index contributed by atoms with van der Waals surface area (Å²) >= 11 is 12.5. The summed E-state index contributed by atoms with van der Waals surface area (Å²) in [6, 6.07) is 19.4. The largest absolute Gasteiger partial charge is 0.322 e. The lowest BCUT2D eigenvalue weighted by molar-refractivity contribution is -0.117. The number of aryl methyl sites for hydroxylation is 1. The molecule has 6 heteroatoms. The molecule has 0 aliphatic heterocycles. The summed E-state index contributed by atoms with van der Waals surface area (Å²) in [5.41, 5.74) is 3.12. The molecule has 0 fully saturated rings. The minimum absolute atomic E-state index is 0.0948. The van der Waals surface area contributed by atoms with Crippen LogP contribution in [-0.4, -0.2) is 24.4 Å². The highest BCUT2D eigenvalue weighted by molar-refractivity contribution is 6.40. The maximum Gasteiger partial charge on any atom is 0.238 e. The summed E-state index contributed by atoms with van der Waals surface area (Å²) in [4.78, 5) is 14.6. The number of nitrogens with zero attached hydrogens (tertiary/aromatic N) is 1. The van der Waals surface area contributed by atoms with Gasteiger partial charge in [0.25, 0.3) is 0 Å². The number of hydrogen-bond donors (Lipinski definition) is 1. The highest BCUT2D eigenvalue weighted by atomic mass is 35.5. The smallest absolute Gasteiger partial charge is 0.238 e. The molecule has 0 aliphatic rings. The first-order valence-corrected chi connectivity index (χ1v) is 9.87. The van der Waals surface area contributed by atoms with Gasteiger partial charge in [-0.2, -0.15) is 0 Å². The van der Waals surface area contributed by atoms with Crippen LogP contribution in [-0.2, 0) is 4.79 Å². The van der Waals surface area contributed by atoms with Crippen LogP contribution in [0.15, 0.2) is 66.7 Å². The van der Waals surface area contributed by atoms with E-state index in [9.17, 15) is 9.18 Å². The van der Waals surface area contributed by atoms with Gasteiger partial charge >= 0.3 is 0 Å². The van der Waals surface area contributed by atoms with Gasteiger partial charge in [0.1, 0.15) is 5.82 Å². The monoisotopic (exact) mass is 430 g/mol. The average Bonchev–Trinajstić information content (AvgIpc) is 2.71. The molecule has 0 radical (unpaired) electrons. The molecule has 1 N–H and O–H groups in total. The van der Waals surface area contributed by atoms with Crippen molar-refractivity contribution in [3.8, 4) is 0 Å². The third-order valence-corrected chi connectivity index (χ3v) is 5.49. The molecule has 0 saturated heterocycles. The van der Waals surface area contributed by atoms with Crippen molar-refractivity contribution in [3.63, 3.8) is 0 Å². The zero-order chi connectivity index (χ0) is 21.0. The lowest BCUT2D eigenvalue weighted by Crippen LogP contribution is -2.34. The molecule has 29 heavy (non-hydrogen) atoms. The molecule has 3 nitrogen and oxygen atoms in total. The van der Waals surface area contributed by atoms with Crippen LogP contribution in [0, 0.1) is 12.7 Å². The van der Waals surface area contributed by atoms with Crippen LogP contribution in [0.4, 0.5) is 10.1 Å². The lowest BCUT2D eigenvalue weighted by atomic mass is 9.97. The van der Waals surface area contributed by atoms with Crippen molar-refractivity contribution in [2.24, 2.45) is 0 Å². The Bertz CT molecular complexity index is 994. The molecule has 1 atom stereocenters. The molecule has 0 aliphatic carbocycles.